The van der Waals surface area contributed by atoms with Crippen LogP contribution in [0.4, 0.5) is 0 Å². The maximum Gasteiger partial charge on any atom is 0.188 e. The summed E-state index contributed by atoms with van der Waals surface area (Å²) in [5.41, 5.74) is 8.38. The van der Waals surface area contributed by atoms with E-state index >= 15 is 0 Å². The van der Waals surface area contributed by atoms with Crippen molar-refractivity contribution in [2.24, 2.45) is 10.7 Å². The Morgan fingerprint density at radius 3 is 2.71 bits per heavy atom. The fraction of sp³-hybridized carbons (Fsp3) is 0.318. The number of hydrogen-bond donors (Lipinski definition) is 2. The van der Waals surface area contributed by atoms with Crippen LogP contribution in [0, 0.1) is 0 Å². The zero-order valence-electron chi connectivity index (χ0n) is 16.5. The zero-order chi connectivity index (χ0) is 19.8. The SMILES string of the molecule is COc1ccc(CCNC(N)=NCCCn2ccc3ccccc32)cc1OC. The Balaban J connectivity index is 1.41. The Hall–Kier alpha value is -3.15. The van der Waals surface area contributed by atoms with Crippen molar-refractivity contribution in [3.05, 3.63) is 60.3 Å². The number of para-hydroxylation sites is 1. The number of methoxy groups -OCH3 is 2. The predicted octanol–water partition coefficient (Wildman–Crippen LogP) is 3.20. The Morgan fingerprint density at radius 2 is 1.89 bits per heavy atom. The lowest BCUT2D eigenvalue weighted by Crippen LogP contribution is -2.33. The normalized spacial score (nSPS) is 11.6. The summed E-state index contributed by atoms with van der Waals surface area (Å²) >= 11 is 0. The Kier molecular flexibility index (Phi) is 6.78. The van der Waals surface area contributed by atoms with E-state index in [4.69, 9.17) is 15.2 Å². The molecule has 6 heteroatoms. The molecular weight excluding hydrogens is 352 g/mol. The number of nitrogens with zero attached hydrogens (tertiary/aromatic N) is 2. The molecule has 1 aromatic heterocycles. The molecule has 0 saturated carbocycles. The molecule has 0 aliphatic rings. The van der Waals surface area contributed by atoms with E-state index in [1.807, 2.05) is 18.2 Å². The average Bonchev–Trinajstić information content (AvgIpc) is 3.14. The minimum absolute atomic E-state index is 0.484. The summed E-state index contributed by atoms with van der Waals surface area (Å²) in [6, 6.07) is 16.5. The summed E-state index contributed by atoms with van der Waals surface area (Å²) in [7, 11) is 3.27. The molecule has 3 rings (SSSR count). The van der Waals surface area contributed by atoms with E-state index in [0.29, 0.717) is 19.0 Å². The molecule has 0 amide bonds. The maximum atomic E-state index is 5.98. The molecule has 0 fully saturated rings. The number of guanidine groups is 1. The van der Waals surface area contributed by atoms with Crippen LogP contribution < -0.4 is 20.5 Å². The van der Waals surface area contributed by atoms with Gasteiger partial charge in [-0.3, -0.25) is 4.99 Å². The summed E-state index contributed by atoms with van der Waals surface area (Å²) in [6.45, 7) is 2.34. The van der Waals surface area contributed by atoms with Gasteiger partial charge in [0, 0.05) is 31.3 Å². The number of aliphatic imine (C=N–C) groups is 1. The topological polar surface area (TPSA) is 73.8 Å². The number of aryl methyl sites for hydroxylation is 1. The second kappa shape index (κ2) is 9.69. The van der Waals surface area contributed by atoms with Gasteiger partial charge in [-0.05, 0) is 48.1 Å². The highest BCUT2D eigenvalue weighted by Gasteiger charge is 2.04. The number of nitrogens with two attached hydrogens (primary N) is 1. The molecule has 0 radical (unpaired) electrons. The maximum absolute atomic E-state index is 5.98. The van der Waals surface area contributed by atoms with Crippen LogP contribution >= 0.6 is 0 Å². The highest BCUT2D eigenvalue weighted by molar-refractivity contribution is 5.80. The number of benzene rings is 2. The highest BCUT2D eigenvalue weighted by atomic mass is 16.5. The van der Waals surface area contributed by atoms with Crippen molar-refractivity contribution in [2.75, 3.05) is 27.3 Å². The Labute approximate surface area is 166 Å². The van der Waals surface area contributed by atoms with E-state index < -0.39 is 0 Å². The number of hydrogen-bond acceptors (Lipinski definition) is 3. The molecule has 0 spiro atoms. The van der Waals surface area contributed by atoms with Gasteiger partial charge in [0.15, 0.2) is 17.5 Å². The van der Waals surface area contributed by atoms with E-state index in [1.54, 1.807) is 14.2 Å². The molecule has 0 atom stereocenters. The average molecular weight is 380 g/mol. The largest absolute Gasteiger partial charge is 0.493 e. The number of rotatable bonds is 9. The van der Waals surface area contributed by atoms with Crippen molar-refractivity contribution in [3.8, 4) is 11.5 Å². The van der Waals surface area contributed by atoms with Crippen molar-refractivity contribution >= 4 is 16.9 Å². The number of ether oxygens (including phenoxy) is 2. The van der Waals surface area contributed by atoms with Gasteiger partial charge in [0.05, 0.1) is 14.2 Å². The minimum Gasteiger partial charge on any atom is -0.493 e. The van der Waals surface area contributed by atoms with Gasteiger partial charge in [-0.25, -0.2) is 0 Å². The van der Waals surface area contributed by atoms with Crippen molar-refractivity contribution in [3.63, 3.8) is 0 Å². The van der Waals surface area contributed by atoms with Gasteiger partial charge in [0.2, 0.25) is 0 Å². The first kappa shape index (κ1) is 19.6. The fourth-order valence-electron chi connectivity index (χ4n) is 3.20. The molecule has 0 bridgehead atoms. The van der Waals surface area contributed by atoms with Crippen molar-refractivity contribution in [2.45, 2.75) is 19.4 Å². The highest BCUT2D eigenvalue weighted by Crippen LogP contribution is 2.27. The lowest BCUT2D eigenvalue weighted by atomic mass is 10.1. The molecule has 1 heterocycles. The molecule has 3 N–H and O–H groups in total. The number of nitrogens with one attached hydrogen (secondary N) is 1. The summed E-state index contributed by atoms with van der Waals surface area (Å²) in [6.07, 6.45) is 3.89. The van der Waals surface area contributed by atoms with Crippen molar-refractivity contribution in [1.29, 1.82) is 0 Å². The third-order valence-corrected chi connectivity index (χ3v) is 4.69. The van der Waals surface area contributed by atoms with Crippen LogP contribution in [0.25, 0.3) is 10.9 Å². The number of aromatic nitrogens is 1. The first-order valence-electron chi connectivity index (χ1n) is 9.50. The van der Waals surface area contributed by atoms with Crippen LogP contribution in [0.3, 0.4) is 0 Å². The fourth-order valence-corrected chi connectivity index (χ4v) is 3.20. The van der Waals surface area contributed by atoms with E-state index in [-0.39, 0.29) is 0 Å². The van der Waals surface area contributed by atoms with Crippen LogP contribution in [-0.2, 0) is 13.0 Å². The third kappa shape index (κ3) is 4.97. The minimum atomic E-state index is 0.484. The second-order valence-corrected chi connectivity index (χ2v) is 6.55. The summed E-state index contributed by atoms with van der Waals surface area (Å²) in [5.74, 6) is 1.95. The van der Waals surface area contributed by atoms with Crippen LogP contribution in [0.2, 0.25) is 0 Å². The summed E-state index contributed by atoms with van der Waals surface area (Å²) < 4.78 is 12.8. The lowest BCUT2D eigenvalue weighted by Gasteiger charge is -2.10. The zero-order valence-corrected chi connectivity index (χ0v) is 16.5. The van der Waals surface area contributed by atoms with Gasteiger partial charge in [-0.2, -0.15) is 0 Å². The molecule has 148 valence electrons. The molecule has 0 aliphatic heterocycles. The van der Waals surface area contributed by atoms with Gasteiger partial charge in [-0.1, -0.05) is 24.3 Å². The Bertz CT molecular complexity index is 933. The lowest BCUT2D eigenvalue weighted by molar-refractivity contribution is 0.354. The molecule has 28 heavy (non-hydrogen) atoms. The summed E-state index contributed by atoms with van der Waals surface area (Å²) in [4.78, 5) is 4.42. The van der Waals surface area contributed by atoms with Crippen LogP contribution in [0.5, 0.6) is 11.5 Å². The second-order valence-electron chi connectivity index (χ2n) is 6.55. The standard InChI is InChI=1S/C22H28N4O2/c1-27-20-9-8-17(16-21(20)28-2)10-13-25-22(23)24-12-5-14-26-15-11-18-6-3-4-7-19(18)26/h3-4,6-9,11,15-16H,5,10,12-14H2,1-2H3,(H3,23,24,25). The van der Waals surface area contributed by atoms with E-state index in [0.717, 1.165) is 36.4 Å². The van der Waals surface area contributed by atoms with Crippen LogP contribution in [0.1, 0.15) is 12.0 Å². The molecule has 6 nitrogen and oxygen atoms in total. The first-order valence-corrected chi connectivity index (χ1v) is 9.50. The molecular formula is C22H28N4O2. The van der Waals surface area contributed by atoms with Gasteiger partial charge in [0.1, 0.15) is 0 Å². The predicted molar refractivity (Wildman–Crippen MR) is 114 cm³/mol. The van der Waals surface area contributed by atoms with Gasteiger partial charge in [-0.15, -0.1) is 0 Å². The van der Waals surface area contributed by atoms with Crippen LogP contribution in [-0.4, -0.2) is 37.8 Å². The smallest absolute Gasteiger partial charge is 0.188 e. The number of fused-ring (bicyclic) bond motifs is 1. The van der Waals surface area contributed by atoms with E-state index in [1.165, 1.54) is 10.9 Å². The monoisotopic (exact) mass is 380 g/mol. The molecule has 3 aromatic rings. The Morgan fingerprint density at radius 1 is 1.07 bits per heavy atom. The van der Waals surface area contributed by atoms with Gasteiger partial charge >= 0.3 is 0 Å². The third-order valence-electron chi connectivity index (χ3n) is 4.69. The molecule has 0 unspecified atom stereocenters. The van der Waals surface area contributed by atoms with Gasteiger partial charge < -0.3 is 25.1 Å². The van der Waals surface area contributed by atoms with Crippen LogP contribution in [0.15, 0.2) is 59.7 Å². The van der Waals surface area contributed by atoms with E-state index in [9.17, 15) is 0 Å². The van der Waals surface area contributed by atoms with Gasteiger partial charge in [0.25, 0.3) is 0 Å². The molecule has 0 saturated heterocycles. The first-order chi connectivity index (χ1) is 13.7. The summed E-state index contributed by atoms with van der Waals surface area (Å²) in [5, 5.41) is 4.44. The quantitative estimate of drug-likeness (QED) is 0.340. The van der Waals surface area contributed by atoms with Crippen molar-refractivity contribution in [1.82, 2.24) is 9.88 Å². The van der Waals surface area contributed by atoms with E-state index in [2.05, 4.69) is 51.4 Å². The van der Waals surface area contributed by atoms with Crippen molar-refractivity contribution < 1.29 is 9.47 Å². The molecule has 0 aliphatic carbocycles. The molecule has 2 aromatic carbocycles.